The van der Waals surface area contributed by atoms with Gasteiger partial charge in [-0.1, -0.05) is 72.3 Å². The highest BCUT2D eigenvalue weighted by molar-refractivity contribution is 6.30. The number of carbonyl (C=O) groups is 1. The van der Waals surface area contributed by atoms with Crippen LogP contribution in [0.25, 0.3) is 0 Å². The van der Waals surface area contributed by atoms with Gasteiger partial charge in [0, 0.05) is 18.0 Å². The van der Waals surface area contributed by atoms with Crippen molar-refractivity contribution in [2.24, 2.45) is 0 Å². The van der Waals surface area contributed by atoms with Crippen molar-refractivity contribution < 1.29 is 9.53 Å². The number of ether oxygens (including phenoxy) is 1. The lowest BCUT2D eigenvalue weighted by Crippen LogP contribution is -2.43. The van der Waals surface area contributed by atoms with Crippen LogP contribution >= 0.6 is 11.6 Å². The van der Waals surface area contributed by atoms with Gasteiger partial charge in [0.15, 0.2) is 0 Å². The number of aryl methyl sites for hydroxylation is 1. The molecule has 0 saturated heterocycles. The standard InChI is InChI=1S/C28H24ClN3O3/c1-19-30-25-16-17-31(28(34)35-23-14-12-22(29)13-15-23)18-24(25)27(33)32(19)26(20-8-4-2-5-9-20)21-10-6-3-7-11-21/h2-15,26H,16-18H2,1H3. The molecule has 2 heterocycles. The van der Waals surface area contributed by atoms with Crippen LogP contribution in [0.1, 0.15) is 34.3 Å². The summed E-state index contributed by atoms with van der Waals surface area (Å²) in [7, 11) is 0. The van der Waals surface area contributed by atoms with E-state index >= 15 is 0 Å². The third-order valence-electron chi connectivity index (χ3n) is 6.20. The molecule has 0 N–H and O–H groups in total. The Hall–Kier alpha value is -3.90. The van der Waals surface area contributed by atoms with Crippen LogP contribution in [-0.4, -0.2) is 27.1 Å². The van der Waals surface area contributed by atoms with E-state index in [9.17, 15) is 9.59 Å². The van der Waals surface area contributed by atoms with Gasteiger partial charge in [-0.3, -0.25) is 9.36 Å². The number of halogens is 1. The number of benzene rings is 3. The summed E-state index contributed by atoms with van der Waals surface area (Å²) in [4.78, 5) is 33.1. The van der Waals surface area contributed by atoms with Crippen molar-refractivity contribution in [2.75, 3.05) is 6.54 Å². The SMILES string of the molecule is Cc1nc2c(c(=O)n1C(c1ccccc1)c1ccccc1)CN(C(=O)Oc1ccc(Cl)cc1)CC2. The monoisotopic (exact) mass is 485 g/mol. The lowest BCUT2D eigenvalue weighted by atomic mass is 9.97. The third-order valence-corrected chi connectivity index (χ3v) is 6.46. The molecule has 1 aromatic heterocycles. The summed E-state index contributed by atoms with van der Waals surface area (Å²) in [5.41, 5.74) is 3.08. The zero-order valence-corrected chi connectivity index (χ0v) is 20.0. The second-order valence-electron chi connectivity index (χ2n) is 8.48. The van der Waals surface area contributed by atoms with Crippen molar-refractivity contribution in [3.63, 3.8) is 0 Å². The van der Waals surface area contributed by atoms with Crippen LogP contribution in [0, 0.1) is 6.92 Å². The largest absolute Gasteiger partial charge is 0.415 e. The fourth-order valence-corrected chi connectivity index (χ4v) is 4.62. The van der Waals surface area contributed by atoms with Gasteiger partial charge in [-0.15, -0.1) is 0 Å². The van der Waals surface area contributed by atoms with Crippen LogP contribution in [0.15, 0.2) is 89.7 Å². The molecule has 6 nitrogen and oxygen atoms in total. The van der Waals surface area contributed by atoms with Gasteiger partial charge in [-0.2, -0.15) is 0 Å². The van der Waals surface area contributed by atoms with Gasteiger partial charge >= 0.3 is 6.09 Å². The minimum absolute atomic E-state index is 0.143. The smallest absolute Gasteiger partial charge is 0.410 e. The molecule has 35 heavy (non-hydrogen) atoms. The van der Waals surface area contributed by atoms with Gasteiger partial charge in [-0.25, -0.2) is 9.78 Å². The second kappa shape index (κ2) is 9.76. The van der Waals surface area contributed by atoms with E-state index in [4.69, 9.17) is 21.3 Å². The van der Waals surface area contributed by atoms with Crippen LogP contribution in [0.3, 0.4) is 0 Å². The molecule has 5 rings (SSSR count). The van der Waals surface area contributed by atoms with Gasteiger partial charge in [0.2, 0.25) is 0 Å². The molecule has 0 radical (unpaired) electrons. The van der Waals surface area contributed by atoms with E-state index in [0.717, 1.165) is 16.8 Å². The van der Waals surface area contributed by atoms with Crippen molar-refractivity contribution in [1.82, 2.24) is 14.5 Å². The molecule has 1 aliphatic rings. The number of rotatable bonds is 4. The molecule has 1 amide bonds. The Balaban J connectivity index is 1.51. The van der Waals surface area contributed by atoms with E-state index in [-0.39, 0.29) is 18.1 Å². The average Bonchev–Trinajstić information content (AvgIpc) is 2.88. The predicted molar refractivity (Wildman–Crippen MR) is 135 cm³/mol. The Labute approximate surface area is 208 Å². The van der Waals surface area contributed by atoms with Gasteiger partial charge in [0.1, 0.15) is 11.6 Å². The first-order valence-corrected chi connectivity index (χ1v) is 11.8. The lowest BCUT2D eigenvalue weighted by molar-refractivity contribution is 0.146. The third kappa shape index (κ3) is 4.70. The van der Waals surface area contributed by atoms with Gasteiger partial charge < -0.3 is 9.64 Å². The molecule has 4 aromatic rings. The van der Waals surface area contributed by atoms with E-state index in [2.05, 4.69) is 0 Å². The molecule has 176 valence electrons. The molecule has 1 aliphatic heterocycles. The van der Waals surface area contributed by atoms with Crippen LogP contribution in [0.5, 0.6) is 5.75 Å². The maximum atomic E-state index is 13.9. The molecule has 0 bridgehead atoms. The normalized spacial score (nSPS) is 12.9. The van der Waals surface area contributed by atoms with Crippen LogP contribution in [-0.2, 0) is 13.0 Å². The minimum Gasteiger partial charge on any atom is -0.410 e. The predicted octanol–water partition coefficient (Wildman–Crippen LogP) is 5.40. The molecular formula is C28H24ClN3O3. The zero-order chi connectivity index (χ0) is 24.4. The Bertz CT molecular complexity index is 1360. The fourth-order valence-electron chi connectivity index (χ4n) is 4.50. The fraction of sp³-hybridized carbons (Fsp3) is 0.179. The van der Waals surface area contributed by atoms with E-state index in [0.29, 0.717) is 35.1 Å². The van der Waals surface area contributed by atoms with Gasteiger partial charge in [-0.05, 0) is 42.3 Å². The average molecular weight is 486 g/mol. The molecule has 0 atom stereocenters. The van der Waals surface area contributed by atoms with Crippen molar-refractivity contribution in [2.45, 2.75) is 25.9 Å². The molecule has 0 unspecified atom stereocenters. The molecule has 0 aliphatic carbocycles. The molecule has 3 aromatic carbocycles. The summed E-state index contributed by atoms with van der Waals surface area (Å²) in [6, 6.07) is 26.1. The molecule has 0 spiro atoms. The van der Waals surface area contributed by atoms with Crippen LogP contribution < -0.4 is 10.3 Å². The molecule has 0 saturated carbocycles. The number of amides is 1. The van der Waals surface area contributed by atoms with E-state index in [1.807, 2.05) is 67.6 Å². The number of aromatic nitrogens is 2. The Morgan fingerprint density at radius 1 is 0.943 bits per heavy atom. The first-order chi connectivity index (χ1) is 17.0. The van der Waals surface area contributed by atoms with E-state index in [1.54, 1.807) is 33.7 Å². The molecular weight excluding hydrogens is 462 g/mol. The highest BCUT2D eigenvalue weighted by atomic mass is 35.5. The molecule has 7 heteroatoms. The number of fused-ring (bicyclic) bond motifs is 1. The van der Waals surface area contributed by atoms with Crippen molar-refractivity contribution in [3.8, 4) is 5.75 Å². The number of hydrogen-bond acceptors (Lipinski definition) is 4. The van der Waals surface area contributed by atoms with Crippen molar-refractivity contribution in [1.29, 1.82) is 0 Å². The Morgan fingerprint density at radius 2 is 1.54 bits per heavy atom. The van der Waals surface area contributed by atoms with Gasteiger partial charge in [0.05, 0.1) is 23.8 Å². The summed E-state index contributed by atoms with van der Waals surface area (Å²) in [5.74, 6) is 1.04. The maximum Gasteiger partial charge on any atom is 0.415 e. The number of nitrogens with zero attached hydrogens (tertiary/aromatic N) is 3. The second-order valence-corrected chi connectivity index (χ2v) is 8.91. The molecule has 0 fully saturated rings. The van der Waals surface area contributed by atoms with Crippen molar-refractivity contribution >= 4 is 17.7 Å². The summed E-state index contributed by atoms with van der Waals surface area (Å²) in [6.07, 6.45) is -0.0179. The number of carbonyl (C=O) groups excluding carboxylic acids is 1. The minimum atomic E-state index is -0.507. The number of hydrogen-bond donors (Lipinski definition) is 0. The summed E-state index contributed by atoms with van der Waals surface area (Å²) >= 11 is 5.92. The quantitative estimate of drug-likeness (QED) is 0.388. The first-order valence-electron chi connectivity index (χ1n) is 11.4. The zero-order valence-electron chi connectivity index (χ0n) is 19.2. The van der Waals surface area contributed by atoms with Gasteiger partial charge in [0.25, 0.3) is 5.56 Å². The summed E-state index contributed by atoms with van der Waals surface area (Å²) < 4.78 is 7.24. The van der Waals surface area contributed by atoms with Crippen LogP contribution in [0.2, 0.25) is 5.02 Å². The topological polar surface area (TPSA) is 64.4 Å². The highest BCUT2D eigenvalue weighted by Crippen LogP contribution is 2.27. The highest BCUT2D eigenvalue weighted by Gasteiger charge is 2.29. The van der Waals surface area contributed by atoms with E-state index < -0.39 is 6.09 Å². The Kier molecular flexibility index (Phi) is 6.38. The van der Waals surface area contributed by atoms with E-state index in [1.165, 1.54) is 0 Å². The van der Waals surface area contributed by atoms with Crippen molar-refractivity contribution in [3.05, 3.63) is 129 Å². The van der Waals surface area contributed by atoms with Crippen LogP contribution in [0.4, 0.5) is 4.79 Å². The summed E-state index contributed by atoms with van der Waals surface area (Å²) in [6.45, 7) is 2.43. The lowest BCUT2D eigenvalue weighted by Gasteiger charge is -2.30. The first kappa shape index (κ1) is 22.9. The Morgan fingerprint density at radius 3 is 2.14 bits per heavy atom. The maximum absolute atomic E-state index is 13.9. The summed E-state index contributed by atoms with van der Waals surface area (Å²) in [5, 5.41) is 0.560.